The molecule has 0 atom stereocenters. The number of hydrogen-bond acceptors (Lipinski definition) is 5. The van der Waals surface area contributed by atoms with Crippen LogP contribution in [0, 0.1) is 5.41 Å². The highest BCUT2D eigenvalue weighted by Gasteiger charge is 2.09. The highest BCUT2D eigenvalue weighted by Crippen LogP contribution is 2.17. The number of Topliss-reactive ketones (excluding diaryl/α,β-unsaturated/α-hetero) is 1. The minimum Gasteiger partial charge on any atom is -0.381 e. The van der Waals surface area contributed by atoms with Gasteiger partial charge in [0.1, 0.15) is 13.2 Å². The Kier molecular flexibility index (Phi) is 12.0. The molecule has 0 saturated heterocycles. The predicted molar refractivity (Wildman–Crippen MR) is 86.9 cm³/mol. The summed E-state index contributed by atoms with van der Waals surface area (Å²) in [5, 5.41) is 5.49. The van der Waals surface area contributed by atoms with Crippen molar-refractivity contribution in [1.82, 2.24) is 10.6 Å². The zero-order valence-electron chi connectivity index (χ0n) is 14.5. The van der Waals surface area contributed by atoms with Gasteiger partial charge in [-0.05, 0) is 31.7 Å². The third-order valence-electron chi connectivity index (χ3n) is 2.90. The van der Waals surface area contributed by atoms with Gasteiger partial charge in [0, 0.05) is 19.8 Å². The third-order valence-corrected chi connectivity index (χ3v) is 2.90. The number of ketones is 1. The molecule has 0 unspecified atom stereocenters. The maximum Gasteiger partial charge on any atom is 0.246 e. The Hall–Kier alpha value is -0.980. The van der Waals surface area contributed by atoms with Gasteiger partial charge in [0.15, 0.2) is 5.78 Å². The molecule has 0 radical (unpaired) electrons. The molecule has 0 saturated carbocycles. The minimum absolute atomic E-state index is 0.0319. The molecule has 6 nitrogen and oxygen atoms in total. The van der Waals surface area contributed by atoms with E-state index in [1.54, 1.807) is 7.05 Å². The standard InChI is InChI=1S/C16H32N2O4/c1-16(2,3)7-10-21-9-6-5-8-18-15(20)13-22-12-14(19)11-17-4/h17H,5-13H2,1-4H3,(H,18,20). The molecule has 130 valence electrons. The van der Waals surface area contributed by atoms with Crippen LogP contribution in [0.4, 0.5) is 0 Å². The van der Waals surface area contributed by atoms with Crippen LogP contribution in [0.25, 0.3) is 0 Å². The second kappa shape index (κ2) is 12.6. The maximum absolute atomic E-state index is 11.4. The van der Waals surface area contributed by atoms with E-state index in [9.17, 15) is 9.59 Å². The molecule has 0 bridgehead atoms. The predicted octanol–water partition coefficient (Wildman–Crippen LogP) is 1.14. The van der Waals surface area contributed by atoms with Gasteiger partial charge >= 0.3 is 0 Å². The fourth-order valence-corrected chi connectivity index (χ4v) is 1.59. The summed E-state index contributed by atoms with van der Waals surface area (Å²) in [6.45, 7) is 8.85. The van der Waals surface area contributed by atoms with Crippen molar-refractivity contribution >= 4 is 11.7 Å². The fraction of sp³-hybridized carbons (Fsp3) is 0.875. The topological polar surface area (TPSA) is 76.7 Å². The maximum atomic E-state index is 11.4. The largest absolute Gasteiger partial charge is 0.381 e. The molecule has 0 heterocycles. The summed E-state index contributed by atoms with van der Waals surface area (Å²) in [6, 6.07) is 0. The number of rotatable bonds is 13. The second-order valence-electron chi connectivity index (χ2n) is 6.54. The number of carbonyl (C=O) groups excluding carboxylic acids is 2. The molecule has 0 aromatic heterocycles. The van der Waals surface area contributed by atoms with E-state index in [0.717, 1.165) is 32.5 Å². The van der Waals surface area contributed by atoms with Gasteiger partial charge in [0.2, 0.25) is 5.91 Å². The summed E-state index contributed by atoms with van der Waals surface area (Å²) < 4.78 is 10.6. The third kappa shape index (κ3) is 15.4. The Morgan fingerprint density at radius 3 is 2.36 bits per heavy atom. The Morgan fingerprint density at radius 1 is 1.00 bits per heavy atom. The van der Waals surface area contributed by atoms with Crippen LogP contribution >= 0.6 is 0 Å². The van der Waals surface area contributed by atoms with Gasteiger partial charge in [0.05, 0.1) is 6.54 Å². The molecule has 0 rings (SSSR count). The van der Waals surface area contributed by atoms with Gasteiger partial charge in [0.25, 0.3) is 0 Å². The Bertz CT molecular complexity index is 314. The quantitative estimate of drug-likeness (QED) is 0.498. The first-order valence-corrected chi connectivity index (χ1v) is 7.93. The van der Waals surface area contributed by atoms with E-state index < -0.39 is 0 Å². The molecule has 22 heavy (non-hydrogen) atoms. The molecule has 2 N–H and O–H groups in total. The van der Waals surface area contributed by atoms with Crippen molar-refractivity contribution in [2.75, 3.05) is 46.6 Å². The number of carbonyl (C=O) groups is 2. The summed E-state index contributed by atoms with van der Waals surface area (Å²) in [5.41, 5.74) is 0.308. The molecule has 0 spiro atoms. The van der Waals surface area contributed by atoms with E-state index in [4.69, 9.17) is 9.47 Å². The van der Waals surface area contributed by atoms with Crippen molar-refractivity contribution in [3.8, 4) is 0 Å². The molecule has 0 aromatic carbocycles. The van der Waals surface area contributed by atoms with E-state index in [1.807, 2.05) is 0 Å². The van der Waals surface area contributed by atoms with E-state index in [-0.39, 0.29) is 31.4 Å². The van der Waals surface area contributed by atoms with Crippen molar-refractivity contribution < 1.29 is 19.1 Å². The number of unbranched alkanes of at least 4 members (excludes halogenated alkanes) is 1. The zero-order chi connectivity index (χ0) is 16.8. The SMILES string of the molecule is CNCC(=O)COCC(=O)NCCCCOCCC(C)(C)C. The average Bonchev–Trinajstić information content (AvgIpc) is 2.41. The molecule has 1 amide bonds. The van der Waals surface area contributed by atoms with E-state index >= 15 is 0 Å². The molecule has 0 aliphatic heterocycles. The minimum atomic E-state index is -0.189. The van der Waals surface area contributed by atoms with Crippen LogP contribution in [0.3, 0.4) is 0 Å². The molecule has 0 aromatic rings. The molecule has 6 heteroatoms. The van der Waals surface area contributed by atoms with Gasteiger partial charge in [-0.1, -0.05) is 20.8 Å². The molecular weight excluding hydrogens is 284 g/mol. The number of likely N-dealkylation sites (N-methyl/N-ethyl adjacent to an activating group) is 1. The van der Waals surface area contributed by atoms with Gasteiger partial charge in [-0.15, -0.1) is 0 Å². The van der Waals surface area contributed by atoms with E-state index in [0.29, 0.717) is 12.0 Å². The summed E-state index contributed by atoms with van der Waals surface area (Å²) >= 11 is 0. The smallest absolute Gasteiger partial charge is 0.246 e. The van der Waals surface area contributed by atoms with Crippen molar-refractivity contribution in [3.63, 3.8) is 0 Å². The van der Waals surface area contributed by atoms with Gasteiger partial charge in [-0.2, -0.15) is 0 Å². The summed E-state index contributed by atoms with van der Waals surface area (Å²) in [4.78, 5) is 22.6. The first kappa shape index (κ1) is 21.0. The Morgan fingerprint density at radius 2 is 1.73 bits per heavy atom. The number of hydrogen-bond donors (Lipinski definition) is 2. The highest BCUT2D eigenvalue weighted by atomic mass is 16.5. The lowest BCUT2D eigenvalue weighted by molar-refractivity contribution is -0.129. The summed E-state index contributed by atoms with van der Waals surface area (Å²) in [5.74, 6) is -0.256. The molecule has 0 fully saturated rings. The van der Waals surface area contributed by atoms with Gasteiger partial charge < -0.3 is 20.1 Å². The molecular formula is C16H32N2O4. The van der Waals surface area contributed by atoms with Crippen LogP contribution in [-0.2, 0) is 19.1 Å². The average molecular weight is 316 g/mol. The first-order valence-electron chi connectivity index (χ1n) is 7.93. The lowest BCUT2D eigenvalue weighted by Crippen LogP contribution is -2.30. The normalized spacial score (nSPS) is 11.5. The lowest BCUT2D eigenvalue weighted by atomic mass is 9.93. The van der Waals surface area contributed by atoms with Crippen LogP contribution in [0.1, 0.15) is 40.0 Å². The van der Waals surface area contributed by atoms with Crippen molar-refractivity contribution in [3.05, 3.63) is 0 Å². The van der Waals surface area contributed by atoms with Gasteiger partial charge in [-0.25, -0.2) is 0 Å². The summed E-state index contributed by atoms with van der Waals surface area (Å²) in [6.07, 6.45) is 2.85. The second-order valence-corrected chi connectivity index (χ2v) is 6.54. The van der Waals surface area contributed by atoms with E-state index in [1.165, 1.54) is 0 Å². The Balaban J connectivity index is 3.33. The van der Waals surface area contributed by atoms with Crippen molar-refractivity contribution in [1.29, 1.82) is 0 Å². The van der Waals surface area contributed by atoms with Crippen LogP contribution in [0.5, 0.6) is 0 Å². The van der Waals surface area contributed by atoms with Crippen LogP contribution < -0.4 is 10.6 Å². The number of amides is 1. The number of nitrogens with one attached hydrogen (secondary N) is 2. The van der Waals surface area contributed by atoms with Crippen molar-refractivity contribution in [2.45, 2.75) is 40.0 Å². The monoisotopic (exact) mass is 316 g/mol. The van der Waals surface area contributed by atoms with E-state index in [2.05, 4.69) is 31.4 Å². The van der Waals surface area contributed by atoms with Crippen LogP contribution in [0.15, 0.2) is 0 Å². The Labute approximate surface area is 134 Å². The number of ether oxygens (including phenoxy) is 2. The fourth-order valence-electron chi connectivity index (χ4n) is 1.59. The molecule has 0 aliphatic rings. The van der Waals surface area contributed by atoms with Crippen molar-refractivity contribution in [2.24, 2.45) is 5.41 Å². The molecule has 0 aliphatic carbocycles. The van der Waals surface area contributed by atoms with Crippen LogP contribution in [-0.4, -0.2) is 58.3 Å². The lowest BCUT2D eigenvalue weighted by Gasteiger charge is -2.17. The summed E-state index contributed by atoms with van der Waals surface area (Å²) in [7, 11) is 1.69. The van der Waals surface area contributed by atoms with Crippen LogP contribution in [0.2, 0.25) is 0 Å². The zero-order valence-corrected chi connectivity index (χ0v) is 14.5. The first-order chi connectivity index (χ1) is 10.3. The highest BCUT2D eigenvalue weighted by molar-refractivity contribution is 5.82. The van der Waals surface area contributed by atoms with Gasteiger partial charge in [-0.3, -0.25) is 9.59 Å².